The molecule has 2 atom stereocenters. The Hall–Kier alpha value is -1.76. The Morgan fingerprint density at radius 3 is 2.64 bits per heavy atom. The standard InChI is InChI=1S/C16H18N2O3S/c19-16-8-10-18(15(16)11-13-5-4-9-17-12-13)22(20,21)14-6-2-1-3-7-14/h1-7,9,12,15-16,19H,8,10-11H2/t15-,16+/m0/s1. The number of sulfonamides is 1. The lowest BCUT2D eigenvalue weighted by atomic mass is 10.0. The van der Waals surface area contributed by atoms with E-state index >= 15 is 0 Å². The highest BCUT2D eigenvalue weighted by atomic mass is 32.2. The quantitative estimate of drug-likeness (QED) is 0.926. The first-order valence-corrected chi connectivity index (χ1v) is 8.67. The maximum absolute atomic E-state index is 12.8. The Bertz CT molecular complexity index is 720. The minimum atomic E-state index is -3.59. The van der Waals surface area contributed by atoms with Crippen LogP contribution in [0.15, 0.2) is 59.8 Å². The average molecular weight is 318 g/mol. The highest BCUT2D eigenvalue weighted by molar-refractivity contribution is 7.89. The topological polar surface area (TPSA) is 70.5 Å². The normalized spacial score (nSPS) is 22.8. The summed E-state index contributed by atoms with van der Waals surface area (Å²) in [6.07, 6.45) is 3.64. The Balaban J connectivity index is 1.89. The molecule has 0 radical (unpaired) electrons. The summed E-state index contributed by atoms with van der Waals surface area (Å²) in [6.45, 7) is 0.337. The van der Waals surface area contributed by atoms with Crippen molar-refractivity contribution < 1.29 is 13.5 Å². The molecule has 116 valence electrons. The Morgan fingerprint density at radius 1 is 1.18 bits per heavy atom. The fraction of sp³-hybridized carbons (Fsp3) is 0.312. The van der Waals surface area contributed by atoms with Crippen LogP contribution < -0.4 is 0 Å². The van der Waals surface area contributed by atoms with E-state index in [-0.39, 0.29) is 4.90 Å². The number of hydrogen-bond donors (Lipinski definition) is 1. The molecule has 1 aliphatic heterocycles. The van der Waals surface area contributed by atoms with Crippen LogP contribution in [0.2, 0.25) is 0 Å². The first-order chi connectivity index (χ1) is 10.6. The molecule has 0 spiro atoms. The van der Waals surface area contributed by atoms with Gasteiger partial charge in [-0.2, -0.15) is 4.31 Å². The zero-order valence-electron chi connectivity index (χ0n) is 12.0. The lowest BCUT2D eigenvalue weighted by molar-refractivity contribution is 0.142. The van der Waals surface area contributed by atoms with E-state index in [0.717, 1.165) is 5.56 Å². The van der Waals surface area contributed by atoms with Gasteiger partial charge in [-0.3, -0.25) is 4.98 Å². The van der Waals surface area contributed by atoms with Gasteiger partial charge in [0.15, 0.2) is 0 Å². The van der Waals surface area contributed by atoms with Crippen LogP contribution in [0.3, 0.4) is 0 Å². The molecule has 1 saturated heterocycles. The second-order valence-corrected chi connectivity index (χ2v) is 7.31. The summed E-state index contributed by atoms with van der Waals surface area (Å²) in [7, 11) is -3.59. The van der Waals surface area contributed by atoms with Crippen molar-refractivity contribution in [3.05, 3.63) is 60.4 Å². The molecule has 6 heteroatoms. The van der Waals surface area contributed by atoms with Crippen molar-refractivity contribution in [1.29, 1.82) is 0 Å². The van der Waals surface area contributed by atoms with Crippen molar-refractivity contribution in [3.63, 3.8) is 0 Å². The van der Waals surface area contributed by atoms with E-state index in [4.69, 9.17) is 0 Å². The zero-order chi connectivity index (χ0) is 15.6. The number of aliphatic hydroxyl groups excluding tert-OH is 1. The molecule has 0 saturated carbocycles. The van der Waals surface area contributed by atoms with Gasteiger partial charge < -0.3 is 5.11 Å². The molecule has 2 aromatic rings. The van der Waals surface area contributed by atoms with E-state index in [1.165, 1.54) is 4.31 Å². The van der Waals surface area contributed by atoms with Gasteiger partial charge in [-0.25, -0.2) is 8.42 Å². The third-order valence-corrected chi connectivity index (χ3v) is 5.92. The van der Waals surface area contributed by atoms with Gasteiger partial charge in [0.25, 0.3) is 0 Å². The summed E-state index contributed by atoms with van der Waals surface area (Å²) in [5.41, 5.74) is 0.918. The minimum Gasteiger partial charge on any atom is -0.391 e. The van der Waals surface area contributed by atoms with Gasteiger partial charge >= 0.3 is 0 Å². The molecule has 0 amide bonds. The fourth-order valence-electron chi connectivity index (χ4n) is 2.83. The molecule has 1 fully saturated rings. The largest absolute Gasteiger partial charge is 0.391 e. The van der Waals surface area contributed by atoms with Crippen molar-refractivity contribution in [2.45, 2.75) is 29.9 Å². The van der Waals surface area contributed by atoms with Crippen LogP contribution >= 0.6 is 0 Å². The molecular formula is C16H18N2O3S. The summed E-state index contributed by atoms with van der Waals surface area (Å²) in [4.78, 5) is 4.31. The van der Waals surface area contributed by atoms with E-state index in [2.05, 4.69) is 4.98 Å². The second kappa shape index (κ2) is 6.16. The van der Waals surface area contributed by atoms with Crippen molar-refractivity contribution >= 4 is 10.0 Å². The molecule has 1 aliphatic rings. The SMILES string of the molecule is O=S(=O)(c1ccccc1)N1CC[C@@H](O)[C@@H]1Cc1cccnc1. The maximum atomic E-state index is 12.8. The average Bonchev–Trinajstić information content (AvgIpc) is 2.91. The predicted molar refractivity (Wildman–Crippen MR) is 82.7 cm³/mol. The summed E-state index contributed by atoms with van der Waals surface area (Å²) >= 11 is 0. The Kier molecular flexibility index (Phi) is 4.24. The summed E-state index contributed by atoms with van der Waals surface area (Å²) < 4.78 is 27.0. The molecule has 1 N–H and O–H groups in total. The number of nitrogens with zero attached hydrogens (tertiary/aromatic N) is 2. The Morgan fingerprint density at radius 2 is 1.95 bits per heavy atom. The lowest BCUT2D eigenvalue weighted by Gasteiger charge is -2.25. The van der Waals surface area contributed by atoms with Gasteiger partial charge in [0.1, 0.15) is 0 Å². The molecular weight excluding hydrogens is 300 g/mol. The van der Waals surface area contributed by atoms with Crippen LogP contribution in [-0.2, 0) is 16.4 Å². The van der Waals surface area contributed by atoms with Crippen LogP contribution in [0, 0.1) is 0 Å². The van der Waals surface area contributed by atoms with E-state index < -0.39 is 22.2 Å². The summed E-state index contributed by atoms with van der Waals surface area (Å²) in [6, 6.07) is 11.6. The third kappa shape index (κ3) is 2.90. The van der Waals surface area contributed by atoms with E-state index in [0.29, 0.717) is 19.4 Å². The van der Waals surface area contributed by atoms with Crippen molar-refractivity contribution in [3.8, 4) is 0 Å². The van der Waals surface area contributed by atoms with Gasteiger partial charge in [-0.15, -0.1) is 0 Å². The molecule has 0 unspecified atom stereocenters. The van der Waals surface area contributed by atoms with Crippen LogP contribution in [0.1, 0.15) is 12.0 Å². The molecule has 0 bridgehead atoms. The smallest absolute Gasteiger partial charge is 0.243 e. The van der Waals surface area contributed by atoms with Crippen LogP contribution in [-0.4, -0.2) is 41.5 Å². The van der Waals surface area contributed by atoms with Gasteiger partial charge in [0.05, 0.1) is 17.0 Å². The first kappa shape index (κ1) is 15.1. The van der Waals surface area contributed by atoms with E-state index in [1.54, 1.807) is 42.7 Å². The number of pyridine rings is 1. The van der Waals surface area contributed by atoms with E-state index in [1.807, 2.05) is 12.1 Å². The molecule has 1 aromatic heterocycles. The molecule has 22 heavy (non-hydrogen) atoms. The van der Waals surface area contributed by atoms with E-state index in [9.17, 15) is 13.5 Å². The second-order valence-electron chi connectivity index (χ2n) is 5.42. The highest BCUT2D eigenvalue weighted by Gasteiger charge is 2.40. The number of benzene rings is 1. The Labute approximate surface area is 130 Å². The van der Waals surface area contributed by atoms with Crippen LogP contribution in [0.4, 0.5) is 0 Å². The number of rotatable bonds is 4. The van der Waals surface area contributed by atoms with Gasteiger partial charge in [0.2, 0.25) is 10.0 Å². The van der Waals surface area contributed by atoms with Crippen molar-refractivity contribution in [2.24, 2.45) is 0 Å². The first-order valence-electron chi connectivity index (χ1n) is 7.23. The van der Waals surface area contributed by atoms with Crippen molar-refractivity contribution in [1.82, 2.24) is 9.29 Å². The third-order valence-electron chi connectivity index (χ3n) is 3.98. The molecule has 1 aromatic carbocycles. The highest BCUT2D eigenvalue weighted by Crippen LogP contribution is 2.28. The minimum absolute atomic E-state index is 0.264. The van der Waals surface area contributed by atoms with Gasteiger partial charge in [0, 0.05) is 18.9 Å². The number of aromatic nitrogens is 1. The maximum Gasteiger partial charge on any atom is 0.243 e. The van der Waals surface area contributed by atoms with Crippen molar-refractivity contribution in [2.75, 3.05) is 6.54 Å². The fourth-order valence-corrected chi connectivity index (χ4v) is 4.52. The molecule has 5 nitrogen and oxygen atoms in total. The van der Waals surface area contributed by atoms with Gasteiger partial charge in [-0.1, -0.05) is 24.3 Å². The molecule has 3 rings (SSSR count). The van der Waals surface area contributed by atoms with Crippen LogP contribution in [0.5, 0.6) is 0 Å². The predicted octanol–water partition coefficient (Wildman–Crippen LogP) is 1.45. The lowest BCUT2D eigenvalue weighted by Crippen LogP contribution is -2.41. The van der Waals surface area contributed by atoms with Crippen LogP contribution in [0.25, 0.3) is 0 Å². The molecule has 0 aliphatic carbocycles. The zero-order valence-corrected chi connectivity index (χ0v) is 12.9. The number of aliphatic hydroxyl groups is 1. The monoisotopic (exact) mass is 318 g/mol. The summed E-state index contributed by atoms with van der Waals surface area (Å²) in [5.74, 6) is 0. The van der Waals surface area contributed by atoms with Gasteiger partial charge in [-0.05, 0) is 36.6 Å². The summed E-state index contributed by atoms with van der Waals surface area (Å²) in [5, 5.41) is 10.2. The number of hydrogen-bond acceptors (Lipinski definition) is 4. The molecule has 2 heterocycles.